The van der Waals surface area contributed by atoms with Crippen molar-refractivity contribution in [2.45, 2.75) is 33.7 Å². The predicted octanol–water partition coefficient (Wildman–Crippen LogP) is 2.27. The minimum atomic E-state index is -0.352. The van der Waals surface area contributed by atoms with Gasteiger partial charge in [-0.05, 0) is 30.7 Å². The van der Waals surface area contributed by atoms with Crippen LogP contribution in [0.5, 0.6) is 0 Å². The lowest BCUT2D eigenvalue weighted by Gasteiger charge is -2.35. The number of aryl methyl sites for hydroxylation is 2. The van der Waals surface area contributed by atoms with Crippen molar-refractivity contribution in [3.05, 3.63) is 56.2 Å². The maximum atomic E-state index is 13.1. The Morgan fingerprint density at radius 3 is 2.41 bits per heavy atom. The fraction of sp³-hybridized carbons (Fsp3) is 0.500. The first-order valence-corrected chi connectivity index (χ1v) is 10.2. The maximum absolute atomic E-state index is 13.1. The number of piperidine rings is 1. The van der Waals surface area contributed by atoms with Gasteiger partial charge in [0.1, 0.15) is 0 Å². The van der Waals surface area contributed by atoms with Crippen LogP contribution in [0.2, 0.25) is 0 Å². The predicted molar refractivity (Wildman–Crippen MR) is 116 cm³/mol. The van der Waals surface area contributed by atoms with Gasteiger partial charge in [-0.15, -0.1) is 0 Å². The summed E-state index contributed by atoms with van der Waals surface area (Å²) >= 11 is 0. The van der Waals surface area contributed by atoms with Crippen LogP contribution < -0.4 is 16.1 Å². The minimum absolute atomic E-state index is 0.299. The molecule has 0 amide bonds. The molecule has 0 N–H and O–H groups in total. The van der Waals surface area contributed by atoms with E-state index in [1.807, 2.05) is 10.6 Å². The minimum Gasteiger partial charge on any atom is -0.342 e. The molecule has 1 aromatic carbocycles. The van der Waals surface area contributed by atoms with Crippen molar-refractivity contribution in [2.75, 3.05) is 18.0 Å². The Hall–Kier alpha value is -2.83. The van der Waals surface area contributed by atoms with Crippen LogP contribution >= 0.6 is 0 Å². The molecule has 2 atom stereocenters. The Balaban J connectivity index is 1.96. The second kappa shape index (κ2) is 7.21. The molecule has 7 heteroatoms. The lowest BCUT2D eigenvalue weighted by atomic mass is 9.92. The van der Waals surface area contributed by atoms with Crippen LogP contribution in [0, 0.1) is 18.8 Å². The highest BCUT2D eigenvalue weighted by Gasteiger charge is 2.28. The molecule has 3 heterocycles. The fourth-order valence-electron chi connectivity index (χ4n) is 4.65. The Bertz CT molecular complexity index is 1180. The molecule has 7 nitrogen and oxygen atoms in total. The summed E-state index contributed by atoms with van der Waals surface area (Å²) in [5, 5.41) is 0. The average Bonchev–Trinajstić information content (AvgIpc) is 3.03. The van der Waals surface area contributed by atoms with Crippen molar-refractivity contribution in [3.8, 4) is 0 Å². The van der Waals surface area contributed by atoms with E-state index in [-0.39, 0.29) is 11.2 Å². The largest absolute Gasteiger partial charge is 0.342 e. The zero-order valence-electron chi connectivity index (χ0n) is 17.8. The summed E-state index contributed by atoms with van der Waals surface area (Å²) in [6, 6.07) is 8.29. The van der Waals surface area contributed by atoms with Gasteiger partial charge in [0, 0.05) is 27.2 Å². The van der Waals surface area contributed by atoms with Gasteiger partial charge in [0.05, 0.1) is 6.54 Å². The first kappa shape index (κ1) is 19.5. The molecule has 29 heavy (non-hydrogen) atoms. The molecular weight excluding hydrogens is 366 g/mol. The zero-order valence-corrected chi connectivity index (χ0v) is 17.8. The quantitative estimate of drug-likeness (QED) is 0.682. The van der Waals surface area contributed by atoms with E-state index in [4.69, 9.17) is 4.98 Å². The van der Waals surface area contributed by atoms with E-state index >= 15 is 0 Å². The molecule has 3 aromatic rings. The summed E-state index contributed by atoms with van der Waals surface area (Å²) in [4.78, 5) is 32.6. The molecule has 0 radical (unpaired) electrons. The second-order valence-corrected chi connectivity index (χ2v) is 8.72. The molecule has 1 saturated heterocycles. The Labute approximate surface area is 170 Å². The molecular formula is C22H29N5O2. The van der Waals surface area contributed by atoms with Crippen LogP contribution in [0.3, 0.4) is 0 Å². The molecule has 1 fully saturated rings. The Kier molecular flexibility index (Phi) is 4.84. The SMILES string of the molecule is Cc1cccc(Cn2c(N3C[C@H](C)C[C@H](C)C3)nc3c2c(=O)n(C)c(=O)n3C)c1. The van der Waals surface area contributed by atoms with Crippen molar-refractivity contribution >= 4 is 17.1 Å². The molecule has 154 valence electrons. The molecule has 0 unspecified atom stereocenters. The number of hydrogen-bond donors (Lipinski definition) is 0. The third kappa shape index (κ3) is 3.39. The lowest BCUT2D eigenvalue weighted by Crippen LogP contribution is -2.40. The smallest absolute Gasteiger partial charge is 0.332 e. The maximum Gasteiger partial charge on any atom is 0.332 e. The highest BCUT2D eigenvalue weighted by molar-refractivity contribution is 5.75. The first-order chi connectivity index (χ1) is 13.8. The Morgan fingerprint density at radius 1 is 1.07 bits per heavy atom. The van der Waals surface area contributed by atoms with Gasteiger partial charge in [-0.3, -0.25) is 18.5 Å². The average molecular weight is 396 g/mol. The van der Waals surface area contributed by atoms with E-state index in [2.05, 4.69) is 43.9 Å². The Morgan fingerprint density at radius 2 is 1.76 bits per heavy atom. The van der Waals surface area contributed by atoms with Crippen molar-refractivity contribution in [3.63, 3.8) is 0 Å². The number of benzene rings is 1. The zero-order chi connectivity index (χ0) is 20.9. The number of rotatable bonds is 3. The van der Waals surface area contributed by atoms with Crippen LogP contribution in [0.4, 0.5) is 5.95 Å². The number of imidazole rings is 1. The summed E-state index contributed by atoms with van der Waals surface area (Å²) in [7, 11) is 3.21. The van der Waals surface area contributed by atoms with Crippen LogP contribution in [0.25, 0.3) is 11.2 Å². The summed E-state index contributed by atoms with van der Waals surface area (Å²) in [6.07, 6.45) is 1.19. The van der Waals surface area contributed by atoms with E-state index in [1.54, 1.807) is 7.05 Å². The van der Waals surface area contributed by atoms with Crippen LogP contribution in [0.15, 0.2) is 33.9 Å². The van der Waals surface area contributed by atoms with Crippen LogP contribution in [-0.2, 0) is 20.6 Å². The molecule has 0 bridgehead atoms. The van der Waals surface area contributed by atoms with Gasteiger partial charge < -0.3 is 4.90 Å². The van der Waals surface area contributed by atoms with Crippen molar-refractivity contribution in [1.29, 1.82) is 0 Å². The van der Waals surface area contributed by atoms with Crippen LogP contribution in [0.1, 0.15) is 31.4 Å². The highest BCUT2D eigenvalue weighted by Crippen LogP contribution is 2.28. The lowest BCUT2D eigenvalue weighted by molar-refractivity contribution is 0.352. The summed E-state index contributed by atoms with van der Waals surface area (Å²) in [5.74, 6) is 1.88. The van der Waals surface area contributed by atoms with E-state index in [9.17, 15) is 9.59 Å². The molecule has 0 spiro atoms. The normalized spacial score (nSPS) is 19.8. The summed E-state index contributed by atoms with van der Waals surface area (Å²) < 4.78 is 4.64. The van der Waals surface area contributed by atoms with Gasteiger partial charge in [0.25, 0.3) is 5.56 Å². The standard InChI is InChI=1S/C22H29N5O2/c1-14-7-6-8-17(10-14)13-27-18-19(24(4)22(29)25(5)20(18)28)23-21(27)26-11-15(2)9-16(3)12-26/h6-8,10,15-16H,9,11-13H2,1-5H3/t15-,16+. The molecule has 4 rings (SSSR count). The van der Waals surface area contributed by atoms with Gasteiger partial charge in [-0.25, -0.2) is 4.79 Å². The highest BCUT2D eigenvalue weighted by atomic mass is 16.2. The van der Waals surface area contributed by atoms with E-state index in [0.29, 0.717) is 29.5 Å². The number of aromatic nitrogens is 4. The topological polar surface area (TPSA) is 65.1 Å². The molecule has 0 saturated carbocycles. The van der Waals surface area contributed by atoms with Gasteiger partial charge >= 0.3 is 5.69 Å². The first-order valence-electron chi connectivity index (χ1n) is 10.2. The molecule has 2 aromatic heterocycles. The number of fused-ring (bicyclic) bond motifs is 1. The summed E-state index contributed by atoms with van der Waals surface area (Å²) in [5.41, 5.74) is 2.57. The number of hydrogen-bond acceptors (Lipinski definition) is 4. The third-order valence-corrected chi connectivity index (χ3v) is 5.90. The molecule has 1 aliphatic heterocycles. The monoisotopic (exact) mass is 395 g/mol. The second-order valence-electron chi connectivity index (χ2n) is 8.72. The van der Waals surface area contributed by atoms with Gasteiger partial charge in [0.15, 0.2) is 11.2 Å². The van der Waals surface area contributed by atoms with Crippen molar-refractivity contribution < 1.29 is 0 Å². The number of nitrogens with zero attached hydrogens (tertiary/aromatic N) is 5. The van der Waals surface area contributed by atoms with E-state index in [0.717, 1.165) is 24.6 Å². The van der Waals surface area contributed by atoms with Gasteiger partial charge in [0.2, 0.25) is 5.95 Å². The van der Waals surface area contributed by atoms with Crippen molar-refractivity contribution in [2.24, 2.45) is 25.9 Å². The summed E-state index contributed by atoms with van der Waals surface area (Å²) in [6.45, 7) is 8.91. The number of anilines is 1. The third-order valence-electron chi connectivity index (χ3n) is 5.90. The van der Waals surface area contributed by atoms with Gasteiger partial charge in [-0.2, -0.15) is 4.98 Å². The molecule has 1 aliphatic rings. The van der Waals surface area contributed by atoms with E-state index < -0.39 is 0 Å². The fourth-order valence-corrected chi connectivity index (χ4v) is 4.65. The van der Waals surface area contributed by atoms with Gasteiger partial charge in [-0.1, -0.05) is 43.7 Å². The molecule has 0 aliphatic carbocycles. The van der Waals surface area contributed by atoms with E-state index in [1.165, 1.54) is 28.2 Å². The van der Waals surface area contributed by atoms with Crippen LogP contribution in [-0.4, -0.2) is 31.8 Å². The van der Waals surface area contributed by atoms with Crippen molar-refractivity contribution in [1.82, 2.24) is 18.7 Å².